The summed E-state index contributed by atoms with van der Waals surface area (Å²) in [6.45, 7) is 2.01. The first-order valence-corrected chi connectivity index (χ1v) is 8.55. The maximum absolute atomic E-state index is 12.5. The van der Waals surface area contributed by atoms with Crippen molar-refractivity contribution in [1.82, 2.24) is 10.2 Å². The normalized spacial score (nSPS) is 11.8. The van der Waals surface area contributed by atoms with Gasteiger partial charge in [0.05, 0.1) is 12.5 Å². The molecule has 0 aliphatic heterocycles. The Morgan fingerprint density at radius 2 is 1.96 bits per heavy atom. The number of rotatable bonds is 6. The van der Waals surface area contributed by atoms with Crippen LogP contribution in [-0.4, -0.2) is 23.8 Å². The second-order valence-electron chi connectivity index (χ2n) is 5.39. The maximum atomic E-state index is 12.5. The van der Waals surface area contributed by atoms with Gasteiger partial charge in [-0.3, -0.25) is 9.59 Å². The molecule has 0 radical (unpaired) electrons. The summed E-state index contributed by atoms with van der Waals surface area (Å²) in [5.74, 6) is -0.192. The van der Waals surface area contributed by atoms with E-state index in [1.54, 1.807) is 35.4 Å². The minimum absolute atomic E-state index is 0.0232. The Labute approximate surface area is 145 Å². The molecule has 122 valence electrons. The van der Waals surface area contributed by atoms with Crippen molar-refractivity contribution >= 4 is 34.8 Å². The molecule has 1 atom stereocenters. The molecule has 23 heavy (non-hydrogen) atoms. The molecule has 1 heterocycles. The zero-order valence-corrected chi connectivity index (χ0v) is 14.7. The maximum Gasteiger partial charge on any atom is 0.225 e. The Kier molecular flexibility index (Phi) is 6.19. The van der Waals surface area contributed by atoms with Crippen molar-refractivity contribution in [3.8, 4) is 0 Å². The predicted molar refractivity (Wildman–Crippen MR) is 93.4 cm³/mol. The Hall–Kier alpha value is -1.85. The van der Waals surface area contributed by atoms with Gasteiger partial charge < -0.3 is 10.2 Å². The smallest absolute Gasteiger partial charge is 0.225 e. The largest absolute Gasteiger partial charge is 0.349 e. The molecule has 6 heteroatoms. The van der Waals surface area contributed by atoms with Crippen LogP contribution in [0.4, 0.5) is 0 Å². The van der Waals surface area contributed by atoms with Gasteiger partial charge in [0.25, 0.3) is 0 Å². The highest BCUT2D eigenvalue weighted by atomic mass is 35.5. The van der Waals surface area contributed by atoms with Crippen LogP contribution in [-0.2, 0) is 16.1 Å². The summed E-state index contributed by atoms with van der Waals surface area (Å²) >= 11 is 7.50. The standard InChI is InChI=1S/C17H19ClN2O2S/c1-12(21)19-16(14-3-5-15(18)6-4-14)9-17(22)20(2)10-13-7-8-23-11-13/h3-8,11,16H,9-10H2,1-2H3,(H,19,21)/t16-/m1/s1. The minimum atomic E-state index is -0.359. The summed E-state index contributed by atoms with van der Waals surface area (Å²) in [5.41, 5.74) is 1.97. The molecule has 4 nitrogen and oxygen atoms in total. The van der Waals surface area contributed by atoms with Gasteiger partial charge in [-0.1, -0.05) is 23.7 Å². The summed E-state index contributed by atoms with van der Waals surface area (Å²) in [5, 5.41) is 7.46. The zero-order valence-electron chi connectivity index (χ0n) is 13.1. The summed E-state index contributed by atoms with van der Waals surface area (Å²) in [6.07, 6.45) is 0.210. The molecule has 2 aromatic rings. The molecule has 0 aliphatic rings. The first kappa shape index (κ1) is 17.5. The van der Waals surface area contributed by atoms with Gasteiger partial charge in [0, 0.05) is 25.5 Å². The third kappa shape index (κ3) is 5.37. The number of halogens is 1. The van der Waals surface area contributed by atoms with E-state index in [9.17, 15) is 9.59 Å². The van der Waals surface area contributed by atoms with E-state index in [1.165, 1.54) is 6.92 Å². The van der Waals surface area contributed by atoms with Crippen LogP contribution < -0.4 is 5.32 Å². The quantitative estimate of drug-likeness (QED) is 0.864. The molecule has 0 aliphatic carbocycles. The fourth-order valence-corrected chi connectivity index (χ4v) is 3.05. The molecule has 1 N–H and O–H groups in total. The second-order valence-corrected chi connectivity index (χ2v) is 6.61. The number of thiophene rings is 1. The number of amides is 2. The van der Waals surface area contributed by atoms with Crippen LogP contribution in [0.5, 0.6) is 0 Å². The van der Waals surface area contributed by atoms with Crippen LogP contribution in [0.2, 0.25) is 5.02 Å². The first-order chi connectivity index (χ1) is 11.0. The fourth-order valence-electron chi connectivity index (χ4n) is 2.27. The summed E-state index contributed by atoms with van der Waals surface area (Å²) in [4.78, 5) is 25.6. The lowest BCUT2D eigenvalue weighted by Crippen LogP contribution is -2.33. The Balaban J connectivity index is 2.05. The van der Waals surface area contributed by atoms with E-state index >= 15 is 0 Å². The van der Waals surface area contributed by atoms with Crippen LogP contribution in [0.3, 0.4) is 0 Å². The van der Waals surface area contributed by atoms with Crippen LogP contribution in [0, 0.1) is 0 Å². The number of nitrogens with zero attached hydrogens (tertiary/aromatic N) is 1. The van der Waals surface area contributed by atoms with Crippen molar-refractivity contribution in [1.29, 1.82) is 0 Å². The van der Waals surface area contributed by atoms with Gasteiger partial charge in [-0.25, -0.2) is 0 Å². The van der Waals surface area contributed by atoms with Crippen molar-refractivity contribution in [3.05, 3.63) is 57.2 Å². The molecule has 1 aromatic carbocycles. The van der Waals surface area contributed by atoms with Crippen molar-refractivity contribution < 1.29 is 9.59 Å². The van der Waals surface area contributed by atoms with Gasteiger partial charge in [-0.05, 0) is 40.1 Å². The Bertz CT molecular complexity index is 656. The number of carbonyl (C=O) groups is 2. The predicted octanol–water partition coefficient (Wildman–Crippen LogP) is 3.63. The van der Waals surface area contributed by atoms with Crippen molar-refractivity contribution in [2.75, 3.05) is 7.05 Å². The average Bonchev–Trinajstić information content (AvgIpc) is 2.99. The van der Waals surface area contributed by atoms with Gasteiger partial charge in [0.1, 0.15) is 0 Å². The molecule has 0 unspecified atom stereocenters. The number of benzene rings is 1. The molecule has 0 saturated heterocycles. The SMILES string of the molecule is CC(=O)N[C@H](CC(=O)N(C)Cc1ccsc1)c1ccc(Cl)cc1. The lowest BCUT2D eigenvalue weighted by atomic mass is 10.0. The minimum Gasteiger partial charge on any atom is -0.349 e. The van der Waals surface area contributed by atoms with Crippen molar-refractivity contribution in [2.24, 2.45) is 0 Å². The Morgan fingerprint density at radius 3 is 2.52 bits per heavy atom. The van der Waals surface area contributed by atoms with Gasteiger partial charge in [-0.2, -0.15) is 11.3 Å². The molecule has 0 saturated carbocycles. The van der Waals surface area contributed by atoms with E-state index in [0.29, 0.717) is 11.6 Å². The molecular formula is C17H19ClN2O2S. The van der Waals surface area contributed by atoms with Crippen molar-refractivity contribution in [3.63, 3.8) is 0 Å². The number of hydrogen-bond donors (Lipinski definition) is 1. The average molecular weight is 351 g/mol. The summed E-state index contributed by atoms with van der Waals surface area (Å²) < 4.78 is 0. The van der Waals surface area contributed by atoms with Gasteiger partial charge in [0.15, 0.2) is 0 Å². The van der Waals surface area contributed by atoms with E-state index in [2.05, 4.69) is 5.32 Å². The van der Waals surface area contributed by atoms with E-state index in [0.717, 1.165) is 11.1 Å². The number of hydrogen-bond acceptors (Lipinski definition) is 3. The third-order valence-electron chi connectivity index (χ3n) is 3.45. The summed E-state index contributed by atoms with van der Waals surface area (Å²) in [7, 11) is 1.77. The summed E-state index contributed by atoms with van der Waals surface area (Å²) in [6, 6.07) is 8.81. The third-order valence-corrected chi connectivity index (χ3v) is 4.44. The first-order valence-electron chi connectivity index (χ1n) is 7.23. The van der Waals surface area contributed by atoms with Crippen LogP contribution >= 0.6 is 22.9 Å². The number of carbonyl (C=O) groups excluding carboxylic acids is 2. The highest BCUT2D eigenvalue weighted by molar-refractivity contribution is 7.07. The van der Waals surface area contributed by atoms with Gasteiger partial charge >= 0.3 is 0 Å². The van der Waals surface area contributed by atoms with Crippen molar-refractivity contribution in [2.45, 2.75) is 25.9 Å². The second kappa shape index (κ2) is 8.13. The topological polar surface area (TPSA) is 49.4 Å². The molecule has 2 amide bonds. The van der Waals surface area contributed by atoms with E-state index in [-0.39, 0.29) is 24.3 Å². The lowest BCUT2D eigenvalue weighted by molar-refractivity contribution is -0.131. The monoisotopic (exact) mass is 350 g/mol. The molecule has 1 aromatic heterocycles. The molecule has 0 bridgehead atoms. The van der Waals surface area contributed by atoms with Crippen LogP contribution in [0.25, 0.3) is 0 Å². The van der Waals surface area contributed by atoms with E-state index in [4.69, 9.17) is 11.6 Å². The van der Waals surface area contributed by atoms with Gasteiger partial charge in [-0.15, -0.1) is 0 Å². The fraction of sp³-hybridized carbons (Fsp3) is 0.294. The zero-order chi connectivity index (χ0) is 16.8. The van der Waals surface area contributed by atoms with E-state index in [1.807, 2.05) is 29.0 Å². The lowest BCUT2D eigenvalue weighted by Gasteiger charge is -2.22. The number of nitrogens with one attached hydrogen (secondary N) is 1. The highest BCUT2D eigenvalue weighted by Crippen LogP contribution is 2.21. The molecule has 0 fully saturated rings. The van der Waals surface area contributed by atoms with Crippen LogP contribution in [0.15, 0.2) is 41.1 Å². The molecular weight excluding hydrogens is 332 g/mol. The molecule has 0 spiro atoms. The Morgan fingerprint density at radius 1 is 1.26 bits per heavy atom. The molecule has 2 rings (SSSR count). The van der Waals surface area contributed by atoms with Gasteiger partial charge in [0.2, 0.25) is 11.8 Å². The highest BCUT2D eigenvalue weighted by Gasteiger charge is 2.19. The van der Waals surface area contributed by atoms with Crippen LogP contribution in [0.1, 0.15) is 30.5 Å². The van der Waals surface area contributed by atoms with E-state index < -0.39 is 0 Å².